The molecule has 11 heteroatoms. The van der Waals surface area contributed by atoms with Crippen LogP contribution in [0, 0.1) is 5.92 Å². The lowest BCUT2D eigenvalue weighted by Gasteiger charge is -2.26. The largest absolute Gasteiger partial charge is 0.416 e. The number of halogens is 6. The van der Waals surface area contributed by atoms with Gasteiger partial charge in [-0.3, -0.25) is 0 Å². The van der Waals surface area contributed by atoms with Crippen LogP contribution in [0.1, 0.15) is 48.4 Å². The number of hydrogen-bond donors (Lipinski definition) is 1. The van der Waals surface area contributed by atoms with E-state index in [1.54, 1.807) is 6.20 Å². The molecule has 182 valence electrons. The number of benzene rings is 1. The van der Waals surface area contributed by atoms with E-state index in [0.717, 1.165) is 43.0 Å². The maximum Gasteiger partial charge on any atom is 0.416 e. The third-order valence-corrected chi connectivity index (χ3v) is 5.82. The van der Waals surface area contributed by atoms with Crippen LogP contribution in [0.25, 0.3) is 0 Å². The molecule has 1 aliphatic carbocycles. The number of nitrogens with one attached hydrogen (secondary N) is 1. The van der Waals surface area contributed by atoms with Gasteiger partial charge in [0.05, 0.1) is 11.1 Å². The van der Waals surface area contributed by atoms with Crippen molar-refractivity contribution in [1.82, 2.24) is 15.3 Å². The fourth-order valence-corrected chi connectivity index (χ4v) is 3.84. The first-order valence-corrected chi connectivity index (χ1v) is 11.9. The molecule has 0 aliphatic heterocycles. The second kappa shape index (κ2) is 10.5. The number of aromatic nitrogens is 2. The number of rotatable bonds is 10. The third-order valence-electron chi connectivity index (χ3n) is 5.26. The summed E-state index contributed by atoms with van der Waals surface area (Å²) in [6.45, 7) is 3.80. The van der Waals surface area contributed by atoms with Gasteiger partial charge < -0.3 is 10.2 Å². The van der Waals surface area contributed by atoms with Crippen LogP contribution in [-0.4, -0.2) is 29.3 Å². The van der Waals surface area contributed by atoms with E-state index in [1.807, 2.05) is 6.26 Å². The van der Waals surface area contributed by atoms with E-state index in [0.29, 0.717) is 11.1 Å². The molecule has 1 aliphatic rings. The van der Waals surface area contributed by atoms with Crippen LogP contribution in [0.2, 0.25) is 0 Å². The van der Waals surface area contributed by atoms with E-state index in [4.69, 9.17) is 0 Å². The van der Waals surface area contributed by atoms with Gasteiger partial charge in [-0.1, -0.05) is 18.7 Å². The monoisotopic (exact) mass is 492 g/mol. The van der Waals surface area contributed by atoms with Gasteiger partial charge in [0.15, 0.2) is 5.16 Å². The van der Waals surface area contributed by atoms with Crippen LogP contribution >= 0.6 is 11.8 Å². The maximum atomic E-state index is 13.1. The van der Waals surface area contributed by atoms with Crippen molar-refractivity contribution in [2.24, 2.45) is 5.92 Å². The molecule has 1 saturated carbocycles. The zero-order chi connectivity index (χ0) is 24.2. The zero-order valence-electron chi connectivity index (χ0n) is 18.4. The van der Waals surface area contributed by atoms with E-state index < -0.39 is 23.5 Å². The molecule has 0 atom stereocenters. The predicted octanol–water partition coefficient (Wildman–Crippen LogP) is 6.15. The molecule has 0 unspecified atom stereocenters. The number of alkyl halides is 6. The molecule has 1 fully saturated rings. The summed E-state index contributed by atoms with van der Waals surface area (Å²) >= 11 is 1.41. The smallest absolute Gasteiger partial charge is 0.356 e. The summed E-state index contributed by atoms with van der Waals surface area (Å²) in [7, 11) is 0. The molecule has 1 heterocycles. The quantitative estimate of drug-likeness (QED) is 0.245. The molecule has 0 spiro atoms. The molecule has 33 heavy (non-hydrogen) atoms. The second-order valence-electron chi connectivity index (χ2n) is 8.11. The number of thioether (sulfide) groups is 1. The Morgan fingerprint density at radius 2 is 1.67 bits per heavy atom. The molecule has 0 saturated heterocycles. The fraction of sp³-hybridized carbons (Fsp3) is 0.545. The molecule has 0 radical (unpaired) electrons. The Kier molecular flexibility index (Phi) is 8.15. The van der Waals surface area contributed by atoms with Crippen LogP contribution < -0.4 is 10.2 Å². The molecule has 1 aromatic heterocycles. The lowest BCUT2D eigenvalue weighted by molar-refractivity contribution is -0.143. The first-order valence-electron chi connectivity index (χ1n) is 10.6. The molecule has 0 amide bonds. The van der Waals surface area contributed by atoms with E-state index in [-0.39, 0.29) is 24.7 Å². The van der Waals surface area contributed by atoms with E-state index >= 15 is 0 Å². The molecule has 0 bridgehead atoms. The van der Waals surface area contributed by atoms with Gasteiger partial charge in [-0.15, -0.1) is 0 Å². The average Bonchev–Trinajstić information content (AvgIpc) is 3.56. The van der Waals surface area contributed by atoms with Gasteiger partial charge in [-0.05, 0) is 55.2 Å². The highest BCUT2D eigenvalue weighted by Gasteiger charge is 2.36. The maximum absolute atomic E-state index is 13.1. The zero-order valence-corrected chi connectivity index (χ0v) is 19.2. The van der Waals surface area contributed by atoms with Crippen LogP contribution in [0.4, 0.5) is 32.2 Å². The van der Waals surface area contributed by atoms with Crippen molar-refractivity contribution in [3.05, 3.63) is 46.6 Å². The van der Waals surface area contributed by atoms with Crippen molar-refractivity contribution in [2.75, 3.05) is 24.2 Å². The van der Waals surface area contributed by atoms with E-state index in [1.165, 1.54) is 24.6 Å². The highest BCUT2D eigenvalue weighted by Crippen LogP contribution is 2.36. The normalized spacial score (nSPS) is 14.5. The van der Waals surface area contributed by atoms with Crippen molar-refractivity contribution < 1.29 is 26.3 Å². The van der Waals surface area contributed by atoms with Crippen molar-refractivity contribution in [3.8, 4) is 0 Å². The van der Waals surface area contributed by atoms with Crippen molar-refractivity contribution in [1.29, 1.82) is 0 Å². The van der Waals surface area contributed by atoms with Crippen molar-refractivity contribution in [2.45, 2.75) is 56.8 Å². The summed E-state index contributed by atoms with van der Waals surface area (Å²) in [4.78, 5) is 11.1. The summed E-state index contributed by atoms with van der Waals surface area (Å²) < 4.78 is 78.6. The standard InChI is InChI=1S/C22H26F6N4S/c1-3-6-32(13-14-4-5-14)19-16(12-30-20(31-19)33-2)11-29-10-15-7-17(21(23,24)25)9-18(8-15)22(26,27)28/h7-9,12,14,29H,3-6,10-11,13H2,1-2H3. The minimum Gasteiger partial charge on any atom is -0.356 e. The van der Waals surface area contributed by atoms with Crippen LogP contribution in [0.5, 0.6) is 0 Å². The van der Waals surface area contributed by atoms with Crippen LogP contribution in [0.3, 0.4) is 0 Å². The van der Waals surface area contributed by atoms with Gasteiger partial charge >= 0.3 is 12.4 Å². The summed E-state index contributed by atoms with van der Waals surface area (Å²) in [5.74, 6) is 1.38. The number of hydrogen-bond acceptors (Lipinski definition) is 5. The van der Waals surface area contributed by atoms with Crippen molar-refractivity contribution in [3.63, 3.8) is 0 Å². The fourth-order valence-electron chi connectivity index (χ4n) is 3.51. The topological polar surface area (TPSA) is 41.1 Å². The first kappa shape index (κ1) is 25.6. The molecule has 3 rings (SSSR count). The Bertz CT molecular complexity index is 911. The van der Waals surface area contributed by atoms with Crippen LogP contribution in [0.15, 0.2) is 29.6 Å². The molecule has 1 aromatic carbocycles. The minimum absolute atomic E-state index is 0.0938. The van der Waals surface area contributed by atoms with Gasteiger partial charge in [0.1, 0.15) is 5.82 Å². The summed E-state index contributed by atoms with van der Waals surface area (Å²) in [6, 6.07) is 1.62. The highest BCUT2D eigenvalue weighted by atomic mass is 32.2. The first-order chi connectivity index (χ1) is 15.5. The predicted molar refractivity (Wildman–Crippen MR) is 116 cm³/mol. The third kappa shape index (κ3) is 7.23. The Morgan fingerprint density at radius 1 is 1.03 bits per heavy atom. The Morgan fingerprint density at radius 3 is 2.18 bits per heavy atom. The highest BCUT2D eigenvalue weighted by molar-refractivity contribution is 7.98. The summed E-state index contributed by atoms with van der Waals surface area (Å²) in [5.41, 5.74) is -1.98. The minimum atomic E-state index is -4.87. The lowest BCUT2D eigenvalue weighted by atomic mass is 10.0. The summed E-state index contributed by atoms with van der Waals surface area (Å²) in [6.07, 6.45) is -2.93. The SMILES string of the molecule is CCCN(CC1CC1)c1nc(SC)ncc1CNCc1cc(C(F)(F)F)cc(C(F)(F)F)c1. The Labute approximate surface area is 193 Å². The van der Waals surface area contributed by atoms with Crippen LogP contribution in [-0.2, 0) is 25.4 Å². The number of nitrogens with zero attached hydrogens (tertiary/aromatic N) is 3. The molecule has 4 nitrogen and oxygen atoms in total. The molecule has 2 aromatic rings. The van der Waals surface area contributed by atoms with Crippen molar-refractivity contribution >= 4 is 17.6 Å². The lowest BCUT2D eigenvalue weighted by Crippen LogP contribution is -2.30. The molecular formula is C22H26F6N4S. The Hall–Kier alpha value is -2.01. The number of anilines is 1. The van der Waals surface area contributed by atoms with Gasteiger partial charge in [-0.2, -0.15) is 26.3 Å². The van der Waals surface area contributed by atoms with Gasteiger partial charge in [0, 0.05) is 37.9 Å². The van der Waals surface area contributed by atoms with E-state index in [2.05, 4.69) is 27.1 Å². The summed E-state index contributed by atoms with van der Waals surface area (Å²) in [5, 5.41) is 3.58. The van der Waals surface area contributed by atoms with Gasteiger partial charge in [-0.25, -0.2) is 9.97 Å². The second-order valence-corrected chi connectivity index (χ2v) is 8.89. The molecule has 1 N–H and O–H groups in total. The Balaban J connectivity index is 1.80. The van der Waals surface area contributed by atoms with Gasteiger partial charge in [0.2, 0.25) is 0 Å². The molecular weight excluding hydrogens is 466 g/mol. The average molecular weight is 493 g/mol. The van der Waals surface area contributed by atoms with Gasteiger partial charge in [0.25, 0.3) is 0 Å². The van der Waals surface area contributed by atoms with E-state index in [9.17, 15) is 26.3 Å².